The van der Waals surface area contributed by atoms with Gasteiger partial charge < -0.3 is 14.5 Å². The van der Waals surface area contributed by atoms with Gasteiger partial charge in [-0.25, -0.2) is 4.79 Å². The number of esters is 1. The van der Waals surface area contributed by atoms with Gasteiger partial charge in [0.2, 0.25) is 5.88 Å². The third-order valence-electron chi connectivity index (χ3n) is 5.80. The molecule has 3 aromatic rings. The van der Waals surface area contributed by atoms with E-state index in [0.29, 0.717) is 0 Å². The van der Waals surface area contributed by atoms with Crippen LogP contribution >= 0.6 is 0 Å². The van der Waals surface area contributed by atoms with Crippen LogP contribution in [0.3, 0.4) is 0 Å². The van der Waals surface area contributed by atoms with Crippen molar-refractivity contribution in [3.8, 4) is 12.0 Å². The molecular weight excluding hydrogens is 406 g/mol. The zero-order valence-corrected chi connectivity index (χ0v) is 18.2. The number of fused-ring (bicyclic) bond motifs is 1. The number of nitriles is 1. The summed E-state index contributed by atoms with van der Waals surface area (Å²) in [6.07, 6.45) is 8.01. The molecule has 7 heteroatoms. The average molecular weight is 431 g/mol. The highest BCUT2D eigenvalue weighted by Gasteiger charge is 2.26. The van der Waals surface area contributed by atoms with Crippen LogP contribution in [0.15, 0.2) is 47.1 Å². The molecule has 164 valence electrons. The molecule has 32 heavy (non-hydrogen) atoms. The molecule has 7 nitrogen and oxygen atoms in total. The van der Waals surface area contributed by atoms with Gasteiger partial charge in [0.25, 0.3) is 5.91 Å². The average Bonchev–Trinajstić information content (AvgIpc) is 3.44. The first-order chi connectivity index (χ1) is 15.5. The van der Waals surface area contributed by atoms with E-state index in [9.17, 15) is 14.9 Å². The lowest BCUT2D eigenvalue weighted by atomic mass is 9.89. The molecular formula is C25H25N3O4. The van der Waals surface area contributed by atoms with Gasteiger partial charge in [-0.1, -0.05) is 18.2 Å². The number of carbonyl (C=O) groups is 2. The van der Waals surface area contributed by atoms with Crippen molar-refractivity contribution in [1.82, 2.24) is 9.88 Å². The number of nitrogens with one attached hydrogen (secondary N) is 1. The van der Waals surface area contributed by atoms with E-state index < -0.39 is 18.5 Å². The maximum atomic E-state index is 12.6. The summed E-state index contributed by atoms with van der Waals surface area (Å²) in [5.41, 5.74) is 3.87. The van der Waals surface area contributed by atoms with Crippen LogP contribution in [0.2, 0.25) is 0 Å². The van der Waals surface area contributed by atoms with E-state index >= 15 is 0 Å². The quantitative estimate of drug-likeness (QED) is 0.591. The van der Waals surface area contributed by atoms with E-state index in [1.165, 1.54) is 24.0 Å². The third kappa shape index (κ3) is 4.30. The van der Waals surface area contributed by atoms with Crippen molar-refractivity contribution < 1.29 is 18.7 Å². The highest BCUT2D eigenvalue weighted by Crippen LogP contribution is 2.27. The molecule has 0 fully saturated rings. The Morgan fingerprint density at radius 3 is 2.66 bits per heavy atom. The molecule has 1 amide bonds. The van der Waals surface area contributed by atoms with Crippen molar-refractivity contribution in [3.63, 3.8) is 0 Å². The van der Waals surface area contributed by atoms with Crippen LogP contribution in [0.4, 0.5) is 0 Å². The van der Waals surface area contributed by atoms with Crippen LogP contribution in [-0.4, -0.2) is 23.1 Å². The van der Waals surface area contributed by atoms with Gasteiger partial charge in [0.15, 0.2) is 6.61 Å². The maximum Gasteiger partial charge on any atom is 0.343 e. The minimum Gasteiger partial charge on any atom is -0.452 e. The summed E-state index contributed by atoms with van der Waals surface area (Å²) in [4.78, 5) is 25.0. The Morgan fingerprint density at radius 2 is 1.94 bits per heavy atom. The standard InChI is InChI=1S/C25H25N3O4/c1-16(19-10-9-18-7-3-4-8-20(18)13-19)27-22(29)15-31-25(30)23-17(2)32-24(21(23)14-26)28-11-5-6-12-28/h5-6,9-13,16H,3-4,7-8,15H2,1-2H3,(H,27,29). The van der Waals surface area contributed by atoms with E-state index in [0.717, 1.165) is 18.4 Å². The number of rotatable bonds is 6. The van der Waals surface area contributed by atoms with E-state index in [1.54, 1.807) is 36.0 Å². The Morgan fingerprint density at radius 1 is 1.22 bits per heavy atom. The number of aryl methyl sites for hydroxylation is 3. The second-order valence-electron chi connectivity index (χ2n) is 8.02. The van der Waals surface area contributed by atoms with Crippen LogP contribution in [0.1, 0.15) is 64.2 Å². The summed E-state index contributed by atoms with van der Waals surface area (Å²) in [5.74, 6) is -0.669. The molecule has 1 N–H and O–H groups in total. The van der Waals surface area contributed by atoms with Gasteiger partial charge >= 0.3 is 5.97 Å². The van der Waals surface area contributed by atoms with E-state index in [-0.39, 0.29) is 28.8 Å². The van der Waals surface area contributed by atoms with Crippen molar-refractivity contribution >= 4 is 11.9 Å². The van der Waals surface area contributed by atoms with Crippen LogP contribution in [0.5, 0.6) is 0 Å². The van der Waals surface area contributed by atoms with Gasteiger partial charge in [0.1, 0.15) is 23.0 Å². The third-order valence-corrected chi connectivity index (χ3v) is 5.80. The zero-order chi connectivity index (χ0) is 22.7. The highest BCUT2D eigenvalue weighted by molar-refractivity contribution is 5.95. The molecule has 0 spiro atoms. The first-order valence-corrected chi connectivity index (χ1v) is 10.7. The van der Waals surface area contributed by atoms with Crippen LogP contribution in [0.25, 0.3) is 5.88 Å². The number of amides is 1. The molecule has 2 aromatic heterocycles. The van der Waals surface area contributed by atoms with Crippen molar-refractivity contribution in [1.29, 1.82) is 5.26 Å². The minimum atomic E-state index is -0.766. The van der Waals surface area contributed by atoms with Crippen molar-refractivity contribution in [2.24, 2.45) is 0 Å². The molecule has 4 rings (SSSR count). The highest BCUT2D eigenvalue weighted by atomic mass is 16.5. The van der Waals surface area contributed by atoms with Crippen molar-refractivity contribution in [2.75, 3.05) is 6.61 Å². The SMILES string of the molecule is Cc1oc(-n2cccc2)c(C#N)c1C(=O)OCC(=O)NC(C)c1ccc2c(c1)CCCC2. The lowest BCUT2D eigenvalue weighted by Crippen LogP contribution is -2.31. The number of aromatic nitrogens is 1. The number of hydrogen-bond donors (Lipinski definition) is 1. The first kappa shape index (κ1) is 21.4. The number of ether oxygens (including phenoxy) is 1. The molecule has 1 aliphatic rings. The predicted molar refractivity (Wildman–Crippen MR) is 117 cm³/mol. The molecule has 1 atom stereocenters. The zero-order valence-electron chi connectivity index (χ0n) is 18.2. The van der Waals surface area contributed by atoms with Crippen molar-refractivity contribution in [3.05, 3.63) is 76.3 Å². The van der Waals surface area contributed by atoms with Crippen LogP contribution < -0.4 is 5.32 Å². The molecule has 1 unspecified atom stereocenters. The second-order valence-corrected chi connectivity index (χ2v) is 8.02. The molecule has 0 bridgehead atoms. The fourth-order valence-corrected chi connectivity index (χ4v) is 4.12. The maximum absolute atomic E-state index is 12.6. The Kier molecular flexibility index (Phi) is 6.13. The van der Waals surface area contributed by atoms with Crippen LogP contribution in [-0.2, 0) is 22.4 Å². The van der Waals surface area contributed by atoms with Gasteiger partial charge in [-0.15, -0.1) is 0 Å². The van der Waals surface area contributed by atoms with Gasteiger partial charge in [-0.2, -0.15) is 5.26 Å². The monoisotopic (exact) mass is 431 g/mol. The van der Waals surface area contributed by atoms with Crippen LogP contribution in [0, 0.1) is 18.3 Å². The summed E-state index contributed by atoms with van der Waals surface area (Å²) in [6, 6.07) is 11.7. The first-order valence-electron chi connectivity index (χ1n) is 10.7. The molecule has 1 aromatic carbocycles. The smallest absolute Gasteiger partial charge is 0.343 e. The lowest BCUT2D eigenvalue weighted by Gasteiger charge is -2.20. The van der Waals surface area contributed by atoms with E-state index in [1.807, 2.05) is 19.1 Å². The molecule has 2 heterocycles. The summed E-state index contributed by atoms with van der Waals surface area (Å²) in [7, 11) is 0. The molecule has 0 aliphatic heterocycles. The normalized spacial score (nSPS) is 13.7. The number of hydrogen-bond acceptors (Lipinski definition) is 5. The number of nitrogens with zero attached hydrogens (tertiary/aromatic N) is 2. The Bertz CT molecular complexity index is 1180. The van der Waals surface area contributed by atoms with Crippen molar-refractivity contribution in [2.45, 2.75) is 45.6 Å². The number of benzene rings is 1. The molecule has 1 aliphatic carbocycles. The fourth-order valence-electron chi connectivity index (χ4n) is 4.12. The van der Waals surface area contributed by atoms with E-state index in [2.05, 4.69) is 17.4 Å². The summed E-state index contributed by atoms with van der Waals surface area (Å²) in [5, 5.41) is 12.4. The van der Waals surface area contributed by atoms with Gasteiger partial charge in [-0.3, -0.25) is 9.36 Å². The Labute approximate surface area is 186 Å². The fraction of sp³-hybridized carbons (Fsp3) is 0.320. The number of furan rings is 1. The number of carbonyl (C=O) groups excluding carboxylic acids is 2. The van der Waals surface area contributed by atoms with Gasteiger partial charge in [0, 0.05) is 12.4 Å². The summed E-state index contributed by atoms with van der Waals surface area (Å²) < 4.78 is 12.4. The Balaban J connectivity index is 1.39. The second kappa shape index (κ2) is 9.15. The van der Waals surface area contributed by atoms with Gasteiger partial charge in [-0.05, 0) is 68.4 Å². The lowest BCUT2D eigenvalue weighted by molar-refractivity contribution is -0.124. The molecule has 0 radical (unpaired) electrons. The molecule has 0 saturated carbocycles. The minimum absolute atomic E-state index is 0.0340. The Hall–Kier alpha value is -3.79. The van der Waals surface area contributed by atoms with E-state index in [4.69, 9.17) is 9.15 Å². The topological polar surface area (TPSA) is 97.3 Å². The largest absolute Gasteiger partial charge is 0.452 e. The summed E-state index contributed by atoms with van der Waals surface area (Å²) >= 11 is 0. The predicted octanol–water partition coefficient (Wildman–Crippen LogP) is 4.16. The van der Waals surface area contributed by atoms with Gasteiger partial charge in [0.05, 0.1) is 6.04 Å². The summed E-state index contributed by atoms with van der Waals surface area (Å²) in [6.45, 7) is 3.05. The molecule has 0 saturated heterocycles.